The van der Waals surface area contributed by atoms with Crippen LogP contribution in [0.25, 0.3) is 0 Å². The SMILES string of the molecule is C#C[C@H]1CC[C@H](C#N)N1C(=O)CNN1CCCCC1. The van der Waals surface area contributed by atoms with E-state index in [9.17, 15) is 4.79 Å². The Balaban J connectivity index is 1.87. The van der Waals surface area contributed by atoms with Crippen LogP contribution in [0.15, 0.2) is 0 Å². The average Bonchev–Trinajstić information content (AvgIpc) is 2.89. The minimum atomic E-state index is -0.364. The lowest BCUT2D eigenvalue weighted by Crippen LogP contribution is -2.50. The van der Waals surface area contributed by atoms with Crippen LogP contribution >= 0.6 is 0 Å². The topological polar surface area (TPSA) is 59.4 Å². The molecule has 2 aliphatic heterocycles. The summed E-state index contributed by atoms with van der Waals surface area (Å²) in [5.41, 5.74) is 3.15. The molecule has 0 spiro atoms. The van der Waals surface area contributed by atoms with Crippen molar-refractivity contribution in [3.63, 3.8) is 0 Å². The van der Waals surface area contributed by atoms with Crippen molar-refractivity contribution in [3.05, 3.63) is 0 Å². The maximum atomic E-state index is 12.2. The number of rotatable bonds is 3. The number of amides is 1. The van der Waals surface area contributed by atoms with Gasteiger partial charge in [0.05, 0.1) is 18.7 Å². The summed E-state index contributed by atoms with van der Waals surface area (Å²) in [5, 5.41) is 11.2. The molecule has 0 radical (unpaired) electrons. The molecule has 1 amide bonds. The maximum absolute atomic E-state index is 12.2. The number of nitrogens with zero attached hydrogens (tertiary/aromatic N) is 3. The van der Waals surface area contributed by atoms with Gasteiger partial charge < -0.3 is 4.90 Å². The molecule has 2 rings (SSSR count). The molecular formula is C14H20N4O. The van der Waals surface area contributed by atoms with E-state index in [2.05, 4.69) is 22.4 Å². The minimum Gasteiger partial charge on any atom is -0.312 e. The van der Waals surface area contributed by atoms with Crippen LogP contribution in [-0.4, -0.2) is 47.5 Å². The van der Waals surface area contributed by atoms with Crippen LogP contribution in [0.4, 0.5) is 0 Å². The molecule has 2 atom stereocenters. The standard InChI is InChI=1S/C14H20N4O/c1-2-12-6-7-13(10-15)18(12)14(19)11-16-17-8-4-3-5-9-17/h1,12-13,16H,3-9,11H2/t12-,13+/m0/s1. The van der Waals surface area contributed by atoms with Crippen molar-refractivity contribution < 1.29 is 4.79 Å². The molecule has 0 aromatic rings. The second-order valence-electron chi connectivity index (χ2n) is 5.09. The quantitative estimate of drug-likeness (QED) is 0.750. The van der Waals surface area contributed by atoms with Gasteiger partial charge in [-0.05, 0) is 25.7 Å². The highest BCUT2D eigenvalue weighted by atomic mass is 16.2. The van der Waals surface area contributed by atoms with Gasteiger partial charge in [0.25, 0.3) is 0 Å². The molecule has 19 heavy (non-hydrogen) atoms. The molecule has 0 aromatic carbocycles. The molecule has 0 unspecified atom stereocenters. The van der Waals surface area contributed by atoms with Crippen molar-refractivity contribution in [1.29, 1.82) is 5.26 Å². The molecule has 0 saturated carbocycles. The maximum Gasteiger partial charge on any atom is 0.240 e. The number of likely N-dealkylation sites (tertiary alicyclic amines) is 1. The first-order valence-corrected chi connectivity index (χ1v) is 6.91. The predicted molar refractivity (Wildman–Crippen MR) is 71.5 cm³/mol. The summed E-state index contributed by atoms with van der Waals surface area (Å²) in [4.78, 5) is 13.8. The van der Waals surface area contributed by atoms with E-state index in [1.54, 1.807) is 4.90 Å². The van der Waals surface area contributed by atoms with Gasteiger partial charge in [-0.2, -0.15) is 5.26 Å². The van der Waals surface area contributed by atoms with E-state index in [1.807, 2.05) is 0 Å². The summed E-state index contributed by atoms with van der Waals surface area (Å²) in [6.07, 6.45) is 10.4. The first-order valence-electron chi connectivity index (χ1n) is 6.91. The van der Waals surface area contributed by atoms with Gasteiger partial charge in [-0.1, -0.05) is 12.3 Å². The Labute approximate surface area is 114 Å². The number of hydrazine groups is 1. The Morgan fingerprint density at radius 3 is 2.58 bits per heavy atom. The van der Waals surface area contributed by atoms with Crippen molar-refractivity contribution in [1.82, 2.24) is 15.3 Å². The molecule has 2 heterocycles. The fourth-order valence-electron chi connectivity index (χ4n) is 2.77. The Kier molecular flexibility index (Phi) is 4.79. The van der Waals surface area contributed by atoms with E-state index in [0.29, 0.717) is 6.42 Å². The lowest BCUT2D eigenvalue weighted by Gasteiger charge is -2.29. The molecule has 2 aliphatic rings. The zero-order valence-electron chi connectivity index (χ0n) is 11.1. The van der Waals surface area contributed by atoms with Gasteiger partial charge >= 0.3 is 0 Å². The van der Waals surface area contributed by atoms with Gasteiger partial charge in [0.15, 0.2) is 0 Å². The molecule has 2 fully saturated rings. The van der Waals surface area contributed by atoms with E-state index in [4.69, 9.17) is 11.7 Å². The molecule has 1 N–H and O–H groups in total. The summed E-state index contributed by atoms with van der Waals surface area (Å²) in [7, 11) is 0. The highest BCUT2D eigenvalue weighted by Gasteiger charge is 2.35. The monoisotopic (exact) mass is 260 g/mol. The summed E-state index contributed by atoms with van der Waals surface area (Å²) >= 11 is 0. The van der Waals surface area contributed by atoms with E-state index < -0.39 is 0 Å². The number of nitriles is 1. The van der Waals surface area contributed by atoms with Gasteiger partial charge in [-0.15, -0.1) is 6.42 Å². The minimum absolute atomic E-state index is 0.0717. The van der Waals surface area contributed by atoms with Crippen LogP contribution in [0, 0.1) is 23.7 Å². The Bertz CT molecular complexity index is 381. The number of hydrogen-bond acceptors (Lipinski definition) is 4. The van der Waals surface area contributed by atoms with Crippen molar-refractivity contribution >= 4 is 5.91 Å². The van der Waals surface area contributed by atoms with E-state index in [0.717, 1.165) is 19.5 Å². The molecular weight excluding hydrogens is 240 g/mol. The molecule has 0 aromatic heterocycles. The largest absolute Gasteiger partial charge is 0.312 e. The van der Waals surface area contributed by atoms with Crippen molar-refractivity contribution in [2.24, 2.45) is 0 Å². The molecule has 102 valence electrons. The van der Waals surface area contributed by atoms with Crippen LogP contribution in [0.5, 0.6) is 0 Å². The second kappa shape index (κ2) is 6.56. The van der Waals surface area contributed by atoms with Crippen molar-refractivity contribution in [2.75, 3.05) is 19.6 Å². The lowest BCUT2D eigenvalue weighted by atomic mass is 10.2. The molecule has 0 bridgehead atoms. The van der Waals surface area contributed by atoms with Crippen LogP contribution in [0.3, 0.4) is 0 Å². The first-order chi connectivity index (χ1) is 9.26. The Hall–Kier alpha value is -1.56. The van der Waals surface area contributed by atoms with E-state index in [-0.39, 0.29) is 24.5 Å². The van der Waals surface area contributed by atoms with Gasteiger partial charge in [0, 0.05) is 13.1 Å². The predicted octanol–water partition coefficient (Wildman–Crippen LogP) is 0.493. The number of carbonyl (C=O) groups excluding carboxylic acids is 1. The summed E-state index contributed by atoms with van der Waals surface area (Å²) < 4.78 is 0. The van der Waals surface area contributed by atoms with Gasteiger partial charge in [0.1, 0.15) is 6.04 Å². The first kappa shape index (κ1) is 13.9. The molecule has 5 heteroatoms. The smallest absolute Gasteiger partial charge is 0.240 e. The fraction of sp³-hybridized carbons (Fsp3) is 0.714. The molecule has 0 aliphatic carbocycles. The summed E-state index contributed by atoms with van der Waals surface area (Å²) in [6.45, 7) is 2.19. The second-order valence-corrected chi connectivity index (χ2v) is 5.09. The Morgan fingerprint density at radius 2 is 1.95 bits per heavy atom. The van der Waals surface area contributed by atoms with Gasteiger partial charge in [-0.25, -0.2) is 10.4 Å². The van der Waals surface area contributed by atoms with E-state index >= 15 is 0 Å². The third-order valence-corrected chi connectivity index (χ3v) is 3.82. The number of terminal acetylenes is 1. The van der Waals surface area contributed by atoms with Crippen molar-refractivity contribution in [2.45, 2.75) is 44.2 Å². The highest BCUT2D eigenvalue weighted by Crippen LogP contribution is 2.23. The third-order valence-electron chi connectivity index (χ3n) is 3.82. The van der Waals surface area contributed by atoms with E-state index in [1.165, 1.54) is 19.3 Å². The number of nitrogens with one attached hydrogen (secondary N) is 1. The fourth-order valence-corrected chi connectivity index (χ4v) is 2.77. The lowest BCUT2D eigenvalue weighted by molar-refractivity contribution is -0.132. The number of carbonyl (C=O) groups is 1. The van der Waals surface area contributed by atoms with Crippen molar-refractivity contribution in [3.8, 4) is 18.4 Å². The molecule has 2 saturated heterocycles. The Morgan fingerprint density at radius 1 is 1.26 bits per heavy atom. The average molecular weight is 260 g/mol. The highest BCUT2D eigenvalue weighted by molar-refractivity contribution is 5.80. The van der Waals surface area contributed by atoms with Crippen LogP contribution in [0.1, 0.15) is 32.1 Å². The van der Waals surface area contributed by atoms with Crippen LogP contribution in [0.2, 0.25) is 0 Å². The van der Waals surface area contributed by atoms with Gasteiger partial charge in [0.2, 0.25) is 5.91 Å². The third kappa shape index (κ3) is 3.26. The normalized spacial score (nSPS) is 27.8. The zero-order valence-corrected chi connectivity index (χ0v) is 11.1. The van der Waals surface area contributed by atoms with Crippen LogP contribution < -0.4 is 5.43 Å². The van der Waals surface area contributed by atoms with Crippen LogP contribution in [-0.2, 0) is 4.79 Å². The molecule has 5 nitrogen and oxygen atoms in total. The zero-order chi connectivity index (χ0) is 13.7. The summed E-state index contributed by atoms with van der Waals surface area (Å²) in [5.74, 6) is 2.54. The number of piperidine rings is 1. The summed E-state index contributed by atoms with van der Waals surface area (Å²) in [6, 6.07) is 1.58. The number of hydrogen-bond donors (Lipinski definition) is 1. The van der Waals surface area contributed by atoms with Gasteiger partial charge in [-0.3, -0.25) is 4.79 Å².